The topological polar surface area (TPSA) is 134 Å². The lowest BCUT2D eigenvalue weighted by atomic mass is 10.0. The summed E-state index contributed by atoms with van der Waals surface area (Å²) in [5.41, 5.74) is 0.655. The number of aromatic nitrogens is 1. The van der Waals surface area contributed by atoms with E-state index in [4.69, 9.17) is 14.0 Å². The molecule has 236 valence electrons. The van der Waals surface area contributed by atoms with E-state index in [9.17, 15) is 18.3 Å². The number of rotatable bonds is 9. The van der Waals surface area contributed by atoms with E-state index < -0.39 is 16.1 Å². The molecule has 0 spiro atoms. The van der Waals surface area contributed by atoms with Gasteiger partial charge in [0.15, 0.2) is 10.7 Å². The monoisotopic (exact) mass is 608 g/mol. The predicted octanol–water partition coefficient (Wildman–Crippen LogP) is 4.23. The quantitative estimate of drug-likeness (QED) is 0.429. The highest BCUT2D eigenvalue weighted by atomic mass is 32.2. The first-order valence-corrected chi connectivity index (χ1v) is 16.3. The predicted molar refractivity (Wildman–Crippen MR) is 161 cm³/mol. The van der Waals surface area contributed by atoms with Gasteiger partial charge in [0, 0.05) is 31.3 Å². The zero-order valence-electron chi connectivity index (χ0n) is 26.1. The Balaban J connectivity index is 2.02. The van der Waals surface area contributed by atoms with E-state index in [-0.39, 0.29) is 58.2 Å². The van der Waals surface area contributed by atoms with Crippen LogP contribution in [0.3, 0.4) is 0 Å². The van der Waals surface area contributed by atoms with Gasteiger partial charge in [0.1, 0.15) is 11.4 Å². The number of aliphatic hydroxyl groups is 1. The summed E-state index contributed by atoms with van der Waals surface area (Å²) in [6, 6.07) is 4.21. The van der Waals surface area contributed by atoms with Gasteiger partial charge in [-0.15, -0.1) is 0 Å². The van der Waals surface area contributed by atoms with E-state index >= 15 is 0 Å². The molecule has 12 heteroatoms. The van der Waals surface area contributed by atoms with E-state index in [0.717, 1.165) is 38.8 Å². The van der Waals surface area contributed by atoms with Crippen LogP contribution in [0.1, 0.15) is 75.2 Å². The zero-order chi connectivity index (χ0) is 31.0. The molecule has 0 saturated heterocycles. The molecule has 2 heterocycles. The van der Waals surface area contributed by atoms with Crippen molar-refractivity contribution >= 4 is 21.6 Å². The highest BCUT2D eigenvalue weighted by molar-refractivity contribution is 7.92. The van der Waals surface area contributed by atoms with Crippen LogP contribution in [0.15, 0.2) is 27.6 Å². The Bertz CT molecular complexity index is 1260. The molecule has 1 aromatic carbocycles. The van der Waals surface area contributed by atoms with Crippen molar-refractivity contribution in [2.75, 3.05) is 44.6 Å². The van der Waals surface area contributed by atoms with Gasteiger partial charge >= 0.3 is 0 Å². The molecule has 1 aliphatic heterocycles. The third-order valence-corrected chi connectivity index (χ3v) is 9.26. The first kappa shape index (κ1) is 33.8. The molecule has 2 aromatic rings. The van der Waals surface area contributed by atoms with Gasteiger partial charge in [-0.3, -0.25) is 9.52 Å². The van der Waals surface area contributed by atoms with Crippen LogP contribution in [0.4, 0.5) is 5.69 Å². The van der Waals surface area contributed by atoms with Gasteiger partial charge in [-0.2, -0.15) is 0 Å². The van der Waals surface area contributed by atoms with Crippen LogP contribution in [0, 0.1) is 19.8 Å². The normalized spacial score (nSPS) is 21.9. The van der Waals surface area contributed by atoms with Crippen LogP contribution in [-0.2, 0) is 14.8 Å². The molecular weight excluding hydrogens is 560 g/mol. The molecule has 3 rings (SSSR count). The second-order valence-electron chi connectivity index (χ2n) is 11.5. The summed E-state index contributed by atoms with van der Waals surface area (Å²) < 4.78 is 46.7. The molecular formula is C30H48N4O7S. The van der Waals surface area contributed by atoms with Crippen LogP contribution in [0.25, 0.3) is 0 Å². The molecule has 1 aromatic heterocycles. The van der Waals surface area contributed by atoms with Crippen LogP contribution in [0.2, 0.25) is 0 Å². The number of anilines is 1. The molecule has 2 N–H and O–H groups in total. The van der Waals surface area contributed by atoms with Crippen LogP contribution in [-0.4, -0.2) is 92.5 Å². The Kier molecular flexibility index (Phi) is 12.2. The van der Waals surface area contributed by atoms with E-state index in [1.54, 1.807) is 30.9 Å². The second-order valence-corrected chi connectivity index (χ2v) is 13.2. The summed E-state index contributed by atoms with van der Waals surface area (Å²) >= 11 is 0. The number of carbonyl (C=O) groups is 1. The molecule has 0 fully saturated rings. The van der Waals surface area contributed by atoms with Crippen LogP contribution >= 0.6 is 0 Å². The number of nitrogens with one attached hydrogen (secondary N) is 1. The average Bonchev–Trinajstić information content (AvgIpc) is 3.28. The Morgan fingerprint density at radius 2 is 1.98 bits per heavy atom. The number of likely N-dealkylation sites (N-methyl/N-ethyl adjacent to an activating group) is 1. The van der Waals surface area contributed by atoms with Gasteiger partial charge in [0.2, 0.25) is 0 Å². The fourth-order valence-corrected chi connectivity index (χ4v) is 6.67. The van der Waals surface area contributed by atoms with Gasteiger partial charge in [-0.25, -0.2) is 8.42 Å². The number of fused-ring (bicyclic) bond motifs is 1. The molecule has 0 radical (unpaired) electrons. The lowest BCUT2D eigenvalue weighted by Gasteiger charge is -2.35. The molecule has 42 heavy (non-hydrogen) atoms. The number of aryl methyl sites for hydroxylation is 2. The van der Waals surface area contributed by atoms with Gasteiger partial charge in [0.25, 0.3) is 15.9 Å². The zero-order valence-corrected chi connectivity index (χ0v) is 26.9. The number of hydrogen-bond acceptors (Lipinski definition) is 9. The van der Waals surface area contributed by atoms with Crippen molar-refractivity contribution in [1.82, 2.24) is 15.0 Å². The standard InChI is InChI=1S/C30H48N4O7S/c1-8-14-33(7)18-28-20(2)17-34(21(3)19-35)30(36)26-16-25(32-42(37,38)29-23(5)31-41-24(29)6)12-13-27(26)40-22(4)11-9-10-15-39-28/h12-13,16,20-22,28,32,35H,8-11,14-15,17-19H2,1-7H3/t20-,21-,22-,28+/m0/s1. The van der Waals surface area contributed by atoms with Crippen molar-refractivity contribution in [3.8, 4) is 5.75 Å². The van der Waals surface area contributed by atoms with Crippen molar-refractivity contribution in [2.45, 2.75) is 90.4 Å². The largest absolute Gasteiger partial charge is 0.490 e. The maximum atomic E-state index is 14.2. The minimum Gasteiger partial charge on any atom is -0.490 e. The van der Waals surface area contributed by atoms with Gasteiger partial charge in [-0.05, 0) is 85.2 Å². The van der Waals surface area contributed by atoms with Gasteiger partial charge in [-0.1, -0.05) is 19.0 Å². The minimum absolute atomic E-state index is 0.0327. The molecule has 1 aliphatic rings. The van der Waals surface area contributed by atoms with E-state index in [2.05, 4.69) is 35.7 Å². The number of nitrogens with zero attached hydrogens (tertiary/aromatic N) is 3. The van der Waals surface area contributed by atoms with Crippen molar-refractivity contribution in [1.29, 1.82) is 0 Å². The number of ether oxygens (including phenoxy) is 2. The summed E-state index contributed by atoms with van der Waals surface area (Å²) in [6.45, 7) is 13.4. The van der Waals surface area contributed by atoms with Crippen molar-refractivity contribution in [3.63, 3.8) is 0 Å². The fraction of sp³-hybridized carbons (Fsp3) is 0.667. The van der Waals surface area contributed by atoms with E-state index in [1.807, 2.05) is 6.92 Å². The molecule has 11 nitrogen and oxygen atoms in total. The summed E-state index contributed by atoms with van der Waals surface area (Å²) in [6.07, 6.45) is 3.30. The maximum absolute atomic E-state index is 14.2. The van der Waals surface area contributed by atoms with Gasteiger partial charge < -0.3 is 28.9 Å². The molecule has 0 saturated carbocycles. The highest BCUT2D eigenvalue weighted by Gasteiger charge is 2.31. The average molecular weight is 609 g/mol. The van der Waals surface area contributed by atoms with Gasteiger partial charge in [0.05, 0.1) is 30.4 Å². The molecule has 0 bridgehead atoms. The maximum Gasteiger partial charge on any atom is 0.267 e. The lowest BCUT2D eigenvalue weighted by Crippen LogP contribution is -2.47. The number of benzene rings is 1. The number of amides is 1. The molecule has 0 unspecified atom stereocenters. The first-order chi connectivity index (χ1) is 19.9. The Morgan fingerprint density at radius 3 is 2.62 bits per heavy atom. The SMILES string of the molecule is CCCN(C)C[C@H]1OCCCC[C@H](C)Oc2ccc(NS(=O)(=O)c3c(C)noc3C)cc2C(=O)N([C@@H](C)CO)C[C@@H]1C. The van der Waals surface area contributed by atoms with Crippen molar-refractivity contribution in [2.24, 2.45) is 5.92 Å². The summed E-state index contributed by atoms with van der Waals surface area (Å²) in [5, 5.41) is 13.9. The van der Waals surface area contributed by atoms with E-state index in [0.29, 0.717) is 18.9 Å². The first-order valence-electron chi connectivity index (χ1n) is 14.9. The van der Waals surface area contributed by atoms with Crippen molar-refractivity contribution < 1.29 is 32.3 Å². The second kappa shape index (κ2) is 15.2. The third kappa shape index (κ3) is 8.68. The third-order valence-electron chi connectivity index (χ3n) is 7.64. The summed E-state index contributed by atoms with van der Waals surface area (Å²) in [5.74, 6) is 0.143. The number of sulfonamides is 1. The van der Waals surface area contributed by atoms with E-state index in [1.165, 1.54) is 13.0 Å². The highest BCUT2D eigenvalue weighted by Crippen LogP contribution is 2.30. The molecule has 4 atom stereocenters. The smallest absolute Gasteiger partial charge is 0.267 e. The Labute approximate surface area is 250 Å². The summed E-state index contributed by atoms with van der Waals surface area (Å²) in [4.78, 5) is 18.1. The summed E-state index contributed by atoms with van der Waals surface area (Å²) in [7, 11) is -1.96. The Morgan fingerprint density at radius 1 is 1.24 bits per heavy atom. The fourth-order valence-electron chi connectivity index (χ4n) is 5.29. The van der Waals surface area contributed by atoms with Crippen LogP contribution < -0.4 is 9.46 Å². The minimum atomic E-state index is -4.04. The Hall–Kier alpha value is -2.67. The molecule has 1 amide bonds. The number of hydrogen-bond donors (Lipinski definition) is 2. The number of carbonyl (C=O) groups excluding carboxylic acids is 1. The lowest BCUT2D eigenvalue weighted by molar-refractivity contribution is -0.0167. The van der Waals surface area contributed by atoms with Crippen molar-refractivity contribution in [3.05, 3.63) is 35.2 Å². The number of aliphatic hydroxyl groups excluding tert-OH is 1. The van der Waals surface area contributed by atoms with Crippen LogP contribution in [0.5, 0.6) is 5.75 Å². The molecule has 0 aliphatic carbocycles.